The Kier molecular flexibility index (Phi) is 7.25. The molecule has 4 rings (SSSR count). The second-order valence-corrected chi connectivity index (χ2v) is 11.3. The molecule has 9 nitrogen and oxygen atoms in total. The first-order chi connectivity index (χ1) is 16.6. The fourth-order valence-electron chi connectivity index (χ4n) is 4.61. The van der Waals surface area contributed by atoms with Crippen molar-refractivity contribution in [1.29, 1.82) is 0 Å². The number of carboxylic acid groups (broad SMARTS) is 1. The lowest BCUT2D eigenvalue weighted by molar-refractivity contribution is -0.138. The van der Waals surface area contributed by atoms with E-state index in [-0.39, 0.29) is 30.4 Å². The van der Waals surface area contributed by atoms with E-state index in [2.05, 4.69) is 30.0 Å². The minimum atomic E-state index is -3.90. The molecule has 0 aromatic heterocycles. The molecule has 0 spiro atoms. The largest absolute Gasteiger partial charge is 0.465 e. The normalized spacial score (nSPS) is 19.6. The molecule has 11 heteroatoms. The third-order valence-electron chi connectivity index (χ3n) is 6.62. The number of hydrogen-bond acceptors (Lipinski definition) is 5. The Morgan fingerprint density at radius 3 is 2.23 bits per heavy atom. The van der Waals surface area contributed by atoms with Crippen molar-refractivity contribution in [2.24, 2.45) is 0 Å². The van der Waals surface area contributed by atoms with Crippen molar-refractivity contribution in [2.75, 3.05) is 50.7 Å². The van der Waals surface area contributed by atoms with Gasteiger partial charge in [-0.15, -0.1) is 0 Å². The van der Waals surface area contributed by atoms with Crippen LogP contribution in [-0.2, 0) is 14.8 Å². The van der Waals surface area contributed by atoms with Crippen molar-refractivity contribution in [3.8, 4) is 0 Å². The molecule has 1 N–H and O–H groups in total. The van der Waals surface area contributed by atoms with E-state index < -0.39 is 22.2 Å². The Labute approximate surface area is 210 Å². The fraction of sp³-hybridized carbons (Fsp3) is 0.417. The van der Waals surface area contributed by atoms with Crippen LogP contribution in [0.3, 0.4) is 0 Å². The van der Waals surface area contributed by atoms with E-state index in [1.807, 2.05) is 6.92 Å². The Hall–Kier alpha value is -2.82. The monoisotopic (exact) mass is 520 g/mol. The number of aryl methyl sites for hydroxylation is 2. The van der Waals surface area contributed by atoms with Gasteiger partial charge in [-0.2, -0.15) is 4.31 Å². The SMILES string of the molecule is Cc1ccc(C)c(N2CCN(C(=O)C3CN(S(=O)(=O)c4ccc(Cl)cc4)CCN3C(=O)O)CC2)c1. The van der Waals surface area contributed by atoms with Gasteiger partial charge in [0.25, 0.3) is 0 Å². The number of rotatable bonds is 4. The van der Waals surface area contributed by atoms with Crippen molar-refractivity contribution in [3.05, 3.63) is 58.6 Å². The molecular formula is C24H29ClN4O5S. The fourth-order valence-corrected chi connectivity index (χ4v) is 6.17. The maximum Gasteiger partial charge on any atom is 0.408 e. The minimum absolute atomic E-state index is 0.0263. The third kappa shape index (κ3) is 5.24. The highest BCUT2D eigenvalue weighted by molar-refractivity contribution is 7.89. The van der Waals surface area contributed by atoms with E-state index in [1.165, 1.54) is 28.6 Å². The summed E-state index contributed by atoms with van der Waals surface area (Å²) in [5.41, 5.74) is 3.44. The second-order valence-electron chi connectivity index (χ2n) is 8.91. The number of piperazine rings is 2. The summed E-state index contributed by atoms with van der Waals surface area (Å²) < 4.78 is 27.5. The van der Waals surface area contributed by atoms with Gasteiger partial charge in [-0.25, -0.2) is 13.2 Å². The second kappa shape index (κ2) is 10.0. The third-order valence-corrected chi connectivity index (χ3v) is 8.75. The molecule has 0 radical (unpaired) electrons. The molecule has 35 heavy (non-hydrogen) atoms. The van der Waals surface area contributed by atoms with Gasteiger partial charge in [0.05, 0.1) is 4.90 Å². The Bertz CT molecular complexity index is 1210. The number of carbonyl (C=O) groups is 2. The molecule has 2 aliphatic heterocycles. The number of hydrogen-bond donors (Lipinski definition) is 1. The van der Waals surface area contributed by atoms with Gasteiger partial charge in [-0.3, -0.25) is 9.69 Å². The molecule has 1 atom stereocenters. The van der Waals surface area contributed by atoms with E-state index in [0.717, 1.165) is 21.7 Å². The van der Waals surface area contributed by atoms with E-state index in [9.17, 15) is 23.1 Å². The molecule has 0 aliphatic carbocycles. The number of nitrogens with zero attached hydrogens (tertiary/aromatic N) is 4. The zero-order chi connectivity index (χ0) is 25.3. The number of anilines is 1. The zero-order valence-electron chi connectivity index (χ0n) is 19.7. The van der Waals surface area contributed by atoms with Gasteiger partial charge < -0.3 is 14.9 Å². The number of carbonyl (C=O) groups excluding carboxylic acids is 1. The zero-order valence-corrected chi connectivity index (χ0v) is 21.3. The van der Waals surface area contributed by atoms with Crippen LogP contribution in [0.15, 0.2) is 47.4 Å². The van der Waals surface area contributed by atoms with Gasteiger partial charge >= 0.3 is 6.09 Å². The van der Waals surface area contributed by atoms with Gasteiger partial charge in [0.1, 0.15) is 6.04 Å². The van der Waals surface area contributed by atoms with Gasteiger partial charge in [0.2, 0.25) is 15.9 Å². The maximum atomic E-state index is 13.4. The summed E-state index contributed by atoms with van der Waals surface area (Å²) in [6, 6.07) is 10.9. The summed E-state index contributed by atoms with van der Waals surface area (Å²) in [7, 11) is -3.90. The summed E-state index contributed by atoms with van der Waals surface area (Å²) in [5, 5.41) is 10.1. The van der Waals surface area contributed by atoms with Gasteiger partial charge in [0.15, 0.2) is 0 Å². The molecular weight excluding hydrogens is 492 g/mol. The lowest BCUT2D eigenvalue weighted by atomic mass is 10.1. The minimum Gasteiger partial charge on any atom is -0.465 e. The summed E-state index contributed by atoms with van der Waals surface area (Å²) in [6.07, 6.45) is -1.24. The summed E-state index contributed by atoms with van der Waals surface area (Å²) in [4.78, 5) is 30.3. The molecule has 0 bridgehead atoms. The van der Waals surface area contributed by atoms with Crippen LogP contribution in [0.1, 0.15) is 11.1 Å². The van der Waals surface area contributed by atoms with Crippen LogP contribution in [0, 0.1) is 13.8 Å². The van der Waals surface area contributed by atoms with Crippen LogP contribution in [0.5, 0.6) is 0 Å². The van der Waals surface area contributed by atoms with Crippen molar-refractivity contribution in [3.63, 3.8) is 0 Å². The van der Waals surface area contributed by atoms with Gasteiger partial charge in [0, 0.05) is 56.5 Å². The van der Waals surface area contributed by atoms with Crippen molar-refractivity contribution in [1.82, 2.24) is 14.1 Å². The summed E-state index contributed by atoms with van der Waals surface area (Å²) in [6.45, 7) is 5.84. The quantitative estimate of drug-likeness (QED) is 0.665. The highest BCUT2D eigenvalue weighted by Gasteiger charge is 2.42. The van der Waals surface area contributed by atoms with E-state index in [1.54, 1.807) is 4.90 Å². The van der Waals surface area contributed by atoms with Crippen LogP contribution in [0.25, 0.3) is 0 Å². The predicted octanol–water partition coefficient (Wildman–Crippen LogP) is 2.66. The van der Waals surface area contributed by atoms with E-state index in [0.29, 0.717) is 31.2 Å². The van der Waals surface area contributed by atoms with Crippen molar-refractivity contribution < 1.29 is 23.1 Å². The number of amides is 2. The predicted molar refractivity (Wildman–Crippen MR) is 133 cm³/mol. The summed E-state index contributed by atoms with van der Waals surface area (Å²) in [5.74, 6) is -0.371. The summed E-state index contributed by atoms with van der Waals surface area (Å²) >= 11 is 5.88. The smallest absolute Gasteiger partial charge is 0.408 e. The van der Waals surface area contributed by atoms with Crippen LogP contribution in [0.2, 0.25) is 5.02 Å². The first-order valence-corrected chi connectivity index (χ1v) is 13.3. The van der Waals surface area contributed by atoms with Crippen LogP contribution < -0.4 is 4.90 Å². The Morgan fingerprint density at radius 1 is 0.943 bits per heavy atom. The van der Waals surface area contributed by atoms with Crippen LogP contribution in [0.4, 0.5) is 10.5 Å². The molecule has 188 valence electrons. The van der Waals surface area contributed by atoms with Crippen molar-refractivity contribution >= 4 is 39.3 Å². The van der Waals surface area contributed by atoms with Gasteiger partial charge in [-0.05, 0) is 55.3 Å². The molecule has 2 saturated heterocycles. The number of benzene rings is 2. The lowest BCUT2D eigenvalue weighted by Crippen LogP contribution is -2.63. The van der Waals surface area contributed by atoms with Crippen LogP contribution >= 0.6 is 11.6 Å². The Morgan fingerprint density at radius 2 is 1.60 bits per heavy atom. The average molecular weight is 521 g/mol. The maximum absolute atomic E-state index is 13.4. The van der Waals surface area contributed by atoms with E-state index in [4.69, 9.17) is 11.6 Å². The topological polar surface area (TPSA) is 101 Å². The first kappa shape index (κ1) is 25.3. The molecule has 1 unspecified atom stereocenters. The highest BCUT2D eigenvalue weighted by atomic mass is 35.5. The number of sulfonamides is 1. The lowest BCUT2D eigenvalue weighted by Gasteiger charge is -2.43. The van der Waals surface area contributed by atoms with E-state index >= 15 is 0 Å². The molecule has 2 aromatic carbocycles. The van der Waals surface area contributed by atoms with Gasteiger partial charge in [-0.1, -0.05) is 23.7 Å². The number of halogens is 1. The molecule has 2 heterocycles. The standard InChI is InChI=1S/C24H29ClN4O5S/c1-17-3-4-18(2)21(15-17)26-9-11-27(12-10-26)23(30)22-16-28(13-14-29(22)24(31)32)35(33,34)20-7-5-19(25)6-8-20/h3-8,15,22H,9-14,16H2,1-2H3,(H,31,32). The molecule has 2 amide bonds. The molecule has 2 fully saturated rings. The van der Waals surface area contributed by atoms with Crippen LogP contribution in [-0.4, -0.2) is 91.5 Å². The first-order valence-electron chi connectivity index (χ1n) is 11.4. The Balaban J connectivity index is 1.49. The van der Waals surface area contributed by atoms with Crippen molar-refractivity contribution in [2.45, 2.75) is 24.8 Å². The molecule has 2 aliphatic rings. The highest BCUT2D eigenvalue weighted by Crippen LogP contribution is 2.25. The molecule has 2 aromatic rings. The molecule has 0 saturated carbocycles. The average Bonchev–Trinajstić information content (AvgIpc) is 2.85.